The molecule has 78 valence electrons. The van der Waals surface area contributed by atoms with Gasteiger partial charge in [0, 0.05) is 35.5 Å². The van der Waals surface area contributed by atoms with Crippen LogP contribution in [-0.2, 0) is 4.74 Å². The summed E-state index contributed by atoms with van der Waals surface area (Å²) in [5.74, 6) is 0. The monoisotopic (exact) mass is 251 g/mol. The van der Waals surface area contributed by atoms with E-state index in [9.17, 15) is 0 Å². The normalized spacial score (nSPS) is 20.8. The fourth-order valence-electron chi connectivity index (χ4n) is 1.82. The molecular weight excluding hydrogens is 232 g/mol. The van der Waals surface area contributed by atoms with Gasteiger partial charge >= 0.3 is 0 Å². The minimum absolute atomic E-state index is 0.797. The Balaban J connectivity index is 1.98. The standard InChI is InChI=1S/C9H20BrN2O/c1-12(5-2-3-6-12)7-9-13-8-4-11-10/h11H,2-9H2,1H3/q+1. The van der Waals surface area contributed by atoms with Gasteiger partial charge in [0.15, 0.2) is 0 Å². The van der Waals surface area contributed by atoms with Crippen molar-refractivity contribution in [1.82, 2.24) is 4.34 Å². The van der Waals surface area contributed by atoms with Crippen molar-refractivity contribution < 1.29 is 9.22 Å². The van der Waals surface area contributed by atoms with Crippen LogP contribution in [0.2, 0.25) is 0 Å². The molecule has 0 aliphatic carbocycles. The van der Waals surface area contributed by atoms with Crippen LogP contribution in [0.4, 0.5) is 0 Å². The third kappa shape index (κ3) is 4.40. The van der Waals surface area contributed by atoms with Crippen LogP contribution in [0, 0.1) is 0 Å². The van der Waals surface area contributed by atoms with E-state index in [0.29, 0.717) is 0 Å². The topological polar surface area (TPSA) is 21.3 Å². The quantitative estimate of drug-likeness (QED) is 0.435. The summed E-state index contributed by atoms with van der Waals surface area (Å²) in [6.07, 6.45) is 2.78. The van der Waals surface area contributed by atoms with E-state index in [1.807, 2.05) is 0 Å². The average molecular weight is 252 g/mol. The second kappa shape index (κ2) is 5.96. The number of nitrogens with zero attached hydrogens (tertiary/aromatic N) is 1. The first-order valence-electron chi connectivity index (χ1n) is 5.02. The van der Waals surface area contributed by atoms with Crippen LogP contribution in [0.1, 0.15) is 12.8 Å². The van der Waals surface area contributed by atoms with Gasteiger partial charge in [0.25, 0.3) is 0 Å². The summed E-state index contributed by atoms with van der Waals surface area (Å²) < 4.78 is 9.59. The summed E-state index contributed by atoms with van der Waals surface area (Å²) in [7, 11) is 2.33. The molecule has 1 fully saturated rings. The highest BCUT2D eigenvalue weighted by atomic mass is 79.9. The summed E-state index contributed by atoms with van der Waals surface area (Å²) in [4.78, 5) is 0. The molecule has 13 heavy (non-hydrogen) atoms. The van der Waals surface area contributed by atoms with E-state index in [-0.39, 0.29) is 0 Å². The Morgan fingerprint density at radius 3 is 2.62 bits per heavy atom. The molecule has 0 aromatic carbocycles. The molecule has 0 radical (unpaired) electrons. The highest BCUT2D eigenvalue weighted by molar-refractivity contribution is 9.08. The maximum absolute atomic E-state index is 5.49. The summed E-state index contributed by atoms with van der Waals surface area (Å²) >= 11 is 3.14. The van der Waals surface area contributed by atoms with Crippen molar-refractivity contribution in [2.75, 3.05) is 46.4 Å². The predicted octanol–water partition coefficient (Wildman–Crippen LogP) is 1.14. The Kier molecular flexibility index (Phi) is 5.24. The van der Waals surface area contributed by atoms with Crippen molar-refractivity contribution in [1.29, 1.82) is 0 Å². The minimum Gasteiger partial charge on any atom is -0.374 e. The van der Waals surface area contributed by atoms with E-state index in [1.165, 1.54) is 37.0 Å². The Morgan fingerprint density at radius 1 is 1.31 bits per heavy atom. The molecule has 3 nitrogen and oxygen atoms in total. The number of rotatable bonds is 6. The molecule has 0 bridgehead atoms. The van der Waals surface area contributed by atoms with E-state index in [1.54, 1.807) is 0 Å². The molecule has 0 unspecified atom stereocenters. The van der Waals surface area contributed by atoms with Crippen LogP contribution in [0.5, 0.6) is 0 Å². The summed E-state index contributed by atoms with van der Waals surface area (Å²) in [6.45, 7) is 6.41. The number of likely N-dealkylation sites (N-methyl/N-ethyl adjacent to an activating group) is 1. The number of halogens is 1. The number of hydrogen-bond donors (Lipinski definition) is 1. The third-order valence-electron chi connectivity index (χ3n) is 2.76. The van der Waals surface area contributed by atoms with Gasteiger partial charge in [-0.2, -0.15) is 0 Å². The van der Waals surface area contributed by atoms with Gasteiger partial charge in [0.05, 0.1) is 33.4 Å². The molecule has 0 amide bonds. The van der Waals surface area contributed by atoms with Crippen molar-refractivity contribution in [3.05, 3.63) is 0 Å². The van der Waals surface area contributed by atoms with E-state index >= 15 is 0 Å². The van der Waals surface area contributed by atoms with E-state index in [0.717, 1.165) is 19.8 Å². The van der Waals surface area contributed by atoms with Gasteiger partial charge in [-0.05, 0) is 0 Å². The molecule has 1 aliphatic rings. The molecule has 1 saturated heterocycles. The lowest BCUT2D eigenvalue weighted by Gasteiger charge is -2.28. The molecule has 0 atom stereocenters. The zero-order valence-electron chi connectivity index (χ0n) is 8.39. The molecular formula is C9H20BrN2O+. The smallest absolute Gasteiger partial charge is 0.102 e. The van der Waals surface area contributed by atoms with Crippen LogP contribution in [0.15, 0.2) is 0 Å². The number of quaternary nitrogens is 1. The lowest BCUT2D eigenvalue weighted by Crippen LogP contribution is -2.43. The molecule has 1 N–H and O–H groups in total. The highest BCUT2D eigenvalue weighted by Gasteiger charge is 2.25. The predicted molar refractivity (Wildman–Crippen MR) is 57.8 cm³/mol. The first-order valence-corrected chi connectivity index (χ1v) is 5.81. The van der Waals surface area contributed by atoms with E-state index < -0.39 is 0 Å². The maximum atomic E-state index is 5.49. The first-order chi connectivity index (χ1) is 6.27. The molecule has 1 rings (SSSR count). The Bertz CT molecular complexity index is 138. The SMILES string of the molecule is C[N+]1(CCOCCNBr)CCCC1. The Hall–Kier alpha value is 0.360. The highest BCUT2D eigenvalue weighted by Crippen LogP contribution is 2.15. The molecule has 0 saturated carbocycles. The lowest BCUT2D eigenvalue weighted by molar-refractivity contribution is -0.898. The molecule has 1 heterocycles. The van der Waals surface area contributed by atoms with Gasteiger partial charge < -0.3 is 9.22 Å². The molecule has 4 heteroatoms. The van der Waals surface area contributed by atoms with Crippen molar-refractivity contribution in [2.45, 2.75) is 12.8 Å². The first kappa shape index (κ1) is 11.4. The van der Waals surface area contributed by atoms with Crippen LogP contribution < -0.4 is 4.34 Å². The van der Waals surface area contributed by atoms with Crippen LogP contribution in [0.25, 0.3) is 0 Å². The molecule has 0 aromatic heterocycles. The van der Waals surface area contributed by atoms with Crippen molar-refractivity contribution in [3.63, 3.8) is 0 Å². The maximum Gasteiger partial charge on any atom is 0.102 e. The summed E-state index contributed by atoms with van der Waals surface area (Å²) in [6, 6.07) is 0. The van der Waals surface area contributed by atoms with Crippen molar-refractivity contribution >= 4 is 16.1 Å². The fourth-order valence-corrected chi connectivity index (χ4v) is 1.98. The fraction of sp³-hybridized carbons (Fsp3) is 1.00. The van der Waals surface area contributed by atoms with Crippen molar-refractivity contribution in [3.8, 4) is 0 Å². The zero-order chi connectivity index (χ0) is 9.57. The molecule has 0 spiro atoms. The van der Waals surface area contributed by atoms with E-state index in [4.69, 9.17) is 4.74 Å². The van der Waals surface area contributed by atoms with E-state index in [2.05, 4.69) is 27.5 Å². The average Bonchev–Trinajstić information content (AvgIpc) is 2.53. The third-order valence-corrected chi connectivity index (χ3v) is 3.16. The van der Waals surface area contributed by atoms with Gasteiger partial charge in [0.1, 0.15) is 6.54 Å². The van der Waals surface area contributed by atoms with Crippen LogP contribution in [0.3, 0.4) is 0 Å². The minimum atomic E-state index is 0.797. The number of nitrogens with one attached hydrogen (secondary N) is 1. The number of ether oxygens (including phenoxy) is 1. The van der Waals surface area contributed by atoms with Gasteiger partial charge in [-0.15, -0.1) is 0 Å². The zero-order valence-corrected chi connectivity index (χ0v) is 9.98. The summed E-state index contributed by atoms with van der Waals surface area (Å²) in [5, 5.41) is 0. The van der Waals surface area contributed by atoms with Crippen LogP contribution >= 0.6 is 16.1 Å². The van der Waals surface area contributed by atoms with Gasteiger partial charge in [-0.25, -0.2) is 0 Å². The lowest BCUT2D eigenvalue weighted by atomic mass is 10.4. The van der Waals surface area contributed by atoms with Crippen LogP contribution in [-0.4, -0.2) is 50.9 Å². The van der Waals surface area contributed by atoms with Crippen molar-refractivity contribution in [2.24, 2.45) is 0 Å². The number of hydrogen-bond acceptors (Lipinski definition) is 2. The molecule has 1 aliphatic heterocycles. The second-order valence-electron chi connectivity index (χ2n) is 3.99. The number of likely N-dealkylation sites (tertiary alicyclic amines) is 1. The largest absolute Gasteiger partial charge is 0.374 e. The van der Waals surface area contributed by atoms with Gasteiger partial charge in [0.2, 0.25) is 0 Å². The molecule has 0 aromatic rings. The van der Waals surface area contributed by atoms with Gasteiger partial charge in [-0.3, -0.25) is 4.34 Å². The summed E-state index contributed by atoms with van der Waals surface area (Å²) in [5.41, 5.74) is 0. The Morgan fingerprint density at radius 2 is 2.00 bits per heavy atom. The second-order valence-corrected chi connectivity index (χ2v) is 4.55. The Labute approximate surface area is 89.4 Å². The van der Waals surface area contributed by atoms with Gasteiger partial charge in [-0.1, -0.05) is 0 Å².